The van der Waals surface area contributed by atoms with Crippen LogP contribution in [-0.4, -0.2) is 7.38 Å². The highest BCUT2D eigenvalue weighted by Crippen LogP contribution is 2.49. The molecule has 0 radical (unpaired) electrons. The fraction of sp³-hybridized carbons (Fsp3) is 0.667. The lowest BCUT2D eigenvalue weighted by Gasteiger charge is -2.43. The normalized spacial score (nSPS) is 22.9. The van der Waals surface area contributed by atoms with Crippen molar-refractivity contribution in [1.29, 1.82) is 0 Å². The van der Waals surface area contributed by atoms with Crippen molar-refractivity contribution in [3.63, 3.8) is 0 Å². The minimum Gasteiger partial charge on any atom is -0.160 e. The Bertz CT molecular complexity index is 387. The summed E-state index contributed by atoms with van der Waals surface area (Å²) < 4.78 is 0. The topological polar surface area (TPSA) is 0 Å². The Balaban J connectivity index is 1.92. The van der Waals surface area contributed by atoms with Gasteiger partial charge in [-0.15, -0.1) is 0 Å². The molecular formula is C18H27ClSi. The molecule has 1 aromatic carbocycles. The first-order chi connectivity index (χ1) is 9.82. The fourth-order valence-electron chi connectivity index (χ4n) is 4.54. The number of hydrogen-bond donors (Lipinski definition) is 0. The summed E-state index contributed by atoms with van der Waals surface area (Å²) in [7, 11) is -1.85. The van der Waals surface area contributed by atoms with Gasteiger partial charge < -0.3 is 0 Å². The molecule has 2 aliphatic carbocycles. The van der Waals surface area contributed by atoms with Crippen molar-refractivity contribution in [2.45, 2.75) is 75.3 Å². The summed E-state index contributed by atoms with van der Waals surface area (Å²) in [6, 6.07) is 11.2. The Labute approximate surface area is 129 Å². The third-order valence-electron chi connectivity index (χ3n) is 5.61. The monoisotopic (exact) mass is 306 g/mol. The zero-order chi connectivity index (χ0) is 13.8. The second-order valence-electron chi connectivity index (χ2n) is 6.80. The van der Waals surface area contributed by atoms with Gasteiger partial charge in [0.25, 0.3) is 0 Å². The van der Waals surface area contributed by atoms with Gasteiger partial charge in [0.05, 0.1) is 0 Å². The van der Waals surface area contributed by atoms with Crippen LogP contribution in [0.5, 0.6) is 0 Å². The van der Waals surface area contributed by atoms with Gasteiger partial charge in [0.2, 0.25) is 0 Å². The molecule has 0 spiro atoms. The highest BCUT2D eigenvalue weighted by atomic mass is 35.6. The number of rotatable bonds is 3. The predicted octanol–water partition coefficient (Wildman–Crippen LogP) is 5.75. The molecule has 0 nitrogen and oxygen atoms in total. The largest absolute Gasteiger partial charge is 0.192 e. The Morgan fingerprint density at radius 2 is 1.15 bits per heavy atom. The van der Waals surface area contributed by atoms with Crippen LogP contribution in [0.3, 0.4) is 0 Å². The Hall–Kier alpha value is -0.273. The summed E-state index contributed by atoms with van der Waals surface area (Å²) in [6.07, 6.45) is 14.0. The molecule has 20 heavy (non-hydrogen) atoms. The van der Waals surface area contributed by atoms with Crippen molar-refractivity contribution in [1.82, 2.24) is 0 Å². The van der Waals surface area contributed by atoms with Crippen LogP contribution in [0.4, 0.5) is 0 Å². The number of hydrogen-bond acceptors (Lipinski definition) is 0. The number of halogens is 1. The van der Waals surface area contributed by atoms with E-state index in [0.717, 1.165) is 11.1 Å². The molecule has 2 heteroatoms. The van der Waals surface area contributed by atoms with E-state index >= 15 is 0 Å². The van der Waals surface area contributed by atoms with Gasteiger partial charge in [0.15, 0.2) is 7.38 Å². The van der Waals surface area contributed by atoms with Gasteiger partial charge in [-0.3, -0.25) is 0 Å². The fourth-order valence-corrected chi connectivity index (χ4v) is 11.0. The molecule has 2 saturated carbocycles. The van der Waals surface area contributed by atoms with Gasteiger partial charge in [0.1, 0.15) is 0 Å². The zero-order valence-corrected chi connectivity index (χ0v) is 14.2. The highest BCUT2D eigenvalue weighted by Gasteiger charge is 2.48. The third-order valence-corrected chi connectivity index (χ3v) is 12.9. The van der Waals surface area contributed by atoms with Crippen LogP contribution < -0.4 is 5.19 Å². The van der Waals surface area contributed by atoms with Crippen molar-refractivity contribution in [2.75, 3.05) is 0 Å². The van der Waals surface area contributed by atoms with Crippen molar-refractivity contribution >= 4 is 23.6 Å². The molecular weight excluding hydrogens is 280 g/mol. The van der Waals surface area contributed by atoms with E-state index in [1.165, 1.54) is 69.4 Å². The van der Waals surface area contributed by atoms with Gasteiger partial charge >= 0.3 is 0 Å². The van der Waals surface area contributed by atoms with E-state index < -0.39 is 7.38 Å². The highest BCUT2D eigenvalue weighted by molar-refractivity contribution is 7.28. The van der Waals surface area contributed by atoms with Crippen molar-refractivity contribution in [2.24, 2.45) is 0 Å². The van der Waals surface area contributed by atoms with Crippen LogP contribution in [-0.2, 0) is 0 Å². The van der Waals surface area contributed by atoms with Crippen molar-refractivity contribution in [3.8, 4) is 0 Å². The second-order valence-corrected chi connectivity index (χ2v) is 12.4. The molecule has 0 amide bonds. The molecule has 0 N–H and O–H groups in total. The van der Waals surface area contributed by atoms with E-state index in [2.05, 4.69) is 30.3 Å². The van der Waals surface area contributed by atoms with Crippen LogP contribution in [0.25, 0.3) is 0 Å². The molecule has 0 aromatic heterocycles. The maximum atomic E-state index is 7.56. The average molecular weight is 307 g/mol. The molecule has 0 heterocycles. The SMILES string of the molecule is Cl[Si](c1ccccc1)(C1CCCCC1)C1CCCCC1. The molecule has 0 saturated heterocycles. The van der Waals surface area contributed by atoms with Gasteiger partial charge in [-0.05, 0) is 16.3 Å². The summed E-state index contributed by atoms with van der Waals surface area (Å²) in [5.41, 5.74) is 1.65. The molecule has 0 atom stereocenters. The molecule has 0 bridgehead atoms. The van der Waals surface area contributed by atoms with E-state index in [1.54, 1.807) is 0 Å². The van der Waals surface area contributed by atoms with Gasteiger partial charge in [-0.25, -0.2) is 0 Å². The van der Waals surface area contributed by atoms with Crippen LogP contribution >= 0.6 is 11.1 Å². The molecule has 1 aromatic rings. The number of benzene rings is 1. The smallest absolute Gasteiger partial charge is 0.160 e. The maximum Gasteiger partial charge on any atom is 0.192 e. The first-order valence-corrected chi connectivity index (χ1v) is 11.7. The van der Waals surface area contributed by atoms with Crippen LogP contribution in [0, 0.1) is 0 Å². The first-order valence-electron chi connectivity index (χ1n) is 8.56. The summed E-state index contributed by atoms with van der Waals surface area (Å²) >= 11 is 7.56. The van der Waals surface area contributed by atoms with Crippen molar-refractivity contribution < 1.29 is 0 Å². The molecule has 110 valence electrons. The standard InChI is InChI=1S/C18H27ClSi/c19-20(16-10-4-1-5-11-16,17-12-6-2-7-13-17)18-14-8-3-9-15-18/h1,4-5,10-11,17-18H,2-3,6-9,12-15H2. The Morgan fingerprint density at radius 3 is 1.60 bits per heavy atom. The summed E-state index contributed by atoms with van der Waals surface area (Å²) in [4.78, 5) is 0. The lowest BCUT2D eigenvalue weighted by molar-refractivity contribution is 0.462. The van der Waals surface area contributed by atoms with Gasteiger partial charge in [-0.2, -0.15) is 11.1 Å². The molecule has 0 aliphatic heterocycles. The molecule has 0 unspecified atom stereocenters. The van der Waals surface area contributed by atoms with E-state index in [0.29, 0.717) is 0 Å². The maximum absolute atomic E-state index is 7.56. The van der Waals surface area contributed by atoms with Crippen LogP contribution in [0.15, 0.2) is 30.3 Å². The first kappa shape index (κ1) is 14.7. The minimum atomic E-state index is -1.85. The molecule has 2 aliphatic rings. The predicted molar refractivity (Wildman–Crippen MR) is 91.4 cm³/mol. The van der Waals surface area contributed by atoms with Gasteiger partial charge in [0, 0.05) is 0 Å². The van der Waals surface area contributed by atoms with E-state index in [1.807, 2.05) is 0 Å². The minimum absolute atomic E-state index is 0.823. The lowest BCUT2D eigenvalue weighted by Crippen LogP contribution is -2.52. The lowest BCUT2D eigenvalue weighted by atomic mass is 9.99. The second kappa shape index (κ2) is 6.66. The zero-order valence-electron chi connectivity index (χ0n) is 12.5. The quantitative estimate of drug-likeness (QED) is 0.493. The summed E-state index contributed by atoms with van der Waals surface area (Å²) in [6.45, 7) is 0. The Morgan fingerprint density at radius 1 is 0.700 bits per heavy atom. The summed E-state index contributed by atoms with van der Waals surface area (Å²) in [5, 5.41) is 1.53. The summed E-state index contributed by atoms with van der Waals surface area (Å²) in [5.74, 6) is 0. The van der Waals surface area contributed by atoms with Crippen molar-refractivity contribution in [3.05, 3.63) is 30.3 Å². The molecule has 3 rings (SSSR count). The van der Waals surface area contributed by atoms with E-state index in [-0.39, 0.29) is 0 Å². The van der Waals surface area contributed by atoms with Gasteiger partial charge in [-0.1, -0.05) is 94.5 Å². The molecule has 2 fully saturated rings. The van der Waals surface area contributed by atoms with Crippen LogP contribution in [0.2, 0.25) is 11.1 Å². The van der Waals surface area contributed by atoms with E-state index in [4.69, 9.17) is 11.1 Å². The van der Waals surface area contributed by atoms with Crippen LogP contribution in [0.1, 0.15) is 64.2 Å². The average Bonchev–Trinajstić information content (AvgIpc) is 2.56. The van der Waals surface area contributed by atoms with E-state index in [9.17, 15) is 0 Å². The Kier molecular flexibility index (Phi) is 4.88. The third kappa shape index (κ3) is 2.85.